The average molecular weight is 481 g/mol. The number of aromatic nitrogens is 2. The van der Waals surface area contributed by atoms with Crippen LogP contribution in [0.25, 0.3) is 10.3 Å². The number of carbonyl (C=O) groups is 1. The molecule has 0 spiro atoms. The van der Waals surface area contributed by atoms with Crippen molar-refractivity contribution in [1.82, 2.24) is 19.4 Å². The summed E-state index contributed by atoms with van der Waals surface area (Å²) < 4.78 is 2.40. The van der Waals surface area contributed by atoms with Gasteiger partial charge in [0.05, 0.1) is 5.52 Å². The Morgan fingerprint density at radius 3 is 2.86 bits per heavy atom. The van der Waals surface area contributed by atoms with Crippen LogP contribution in [-0.4, -0.2) is 58.9 Å². The van der Waals surface area contributed by atoms with Crippen molar-refractivity contribution in [2.75, 3.05) is 33.2 Å². The number of unbranched alkanes of at least 4 members (excludes halogenated alkanes) is 1. The minimum absolute atomic E-state index is 0.131. The number of carbonyl (C=O) groups excluding carboxylic acids is 1. The Bertz CT molecular complexity index is 888. The largest absolute Gasteiger partial charge is 0.311 e. The smallest absolute Gasteiger partial charge is 0.303 e. The number of hydrogen-bond donors (Lipinski definition) is 0. The number of rotatable bonds is 10. The Morgan fingerprint density at radius 1 is 1.41 bits per heavy atom. The lowest BCUT2D eigenvalue weighted by atomic mass is 9.91. The molecule has 1 aliphatic rings. The first kappa shape index (κ1) is 22.3. The van der Waals surface area contributed by atoms with Gasteiger partial charge in [0.15, 0.2) is 6.29 Å². The number of halogens is 1. The molecular weight excluding hydrogens is 452 g/mol. The number of fused-ring (bicyclic) bond motifs is 1. The Labute approximate surface area is 184 Å². The summed E-state index contributed by atoms with van der Waals surface area (Å²) in [4.78, 5) is 33.8. The van der Waals surface area contributed by atoms with Gasteiger partial charge in [-0.1, -0.05) is 30.3 Å². The van der Waals surface area contributed by atoms with Gasteiger partial charge >= 0.3 is 4.87 Å². The molecule has 0 aliphatic carbocycles. The summed E-state index contributed by atoms with van der Waals surface area (Å²) in [6.45, 7) is 7.51. The number of hydrogen-bond acceptors (Lipinski definition) is 6. The second-order valence-electron chi connectivity index (χ2n) is 7.79. The third-order valence-electron chi connectivity index (χ3n) is 5.69. The number of aldehydes is 1. The van der Waals surface area contributed by atoms with E-state index in [4.69, 9.17) is 0 Å². The molecule has 0 saturated carbocycles. The molecule has 0 aromatic carbocycles. The van der Waals surface area contributed by atoms with Crippen LogP contribution in [0.1, 0.15) is 38.3 Å². The van der Waals surface area contributed by atoms with Gasteiger partial charge in [0, 0.05) is 30.3 Å². The van der Waals surface area contributed by atoms with Crippen molar-refractivity contribution in [3.05, 3.63) is 39.1 Å². The molecule has 29 heavy (non-hydrogen) atoms. The van der Waals surface area contributed by atoms with Crippen LogP contribution < -0.4 is 4.87 Å². The Morgan fingerprint density at radius 2 is 2.17 bits per heavy atom. The van der Waals surface area contributed by atoms with Crippen molar-refractivity contribution in [2.45, 2.75) is 38.3 Å². The van der Waals surface area contributed by atoms with E-state index >= 15 is 0 Å². The fourth-order valence-electron chi connectivity index (χ4n) is 4.09. The van der Waals surface area contributed by atoms with Crippen molar-refractivity contribution in [3.63, 3.8) is 0 Å². The maximum Gasteiger partial charge on any atom is 0.311 e. The van der Waals surface area contributed by atoms with Crippen LogP contribution in [0.5, 0.6) is 0 Å². The maximum absolute atomic E-state index is 12.6. The molecule has 6 nitrogen and oxygen atoms in total. The summed E-state index contributed by atoms with van der Waals surface area (Å²) in [5.41, 5.74) is 0.720. The van der Waals surface area contributed by atoms with Gasteiger partial charge in [0.1, 0.15) is 11.0 Å². The van der Waals surface area contributed by atoms with Gasteiger partial charge in [-0.3, -0.25) is 19.1 Å². The number of nitrogens with zero attached hydrogens (tertiary/aromatic N) is 4. The minimum Gasteiger partial charge on any atom is -0.303 e. The predicted octanol–water partition coefficient (Wildman–Crippen LogP) is 3.92. The summed E-state index contributed by atoms with van der Waals surface area (Å²) in [6.07, 6.45) is 9.79. The van der Waals surface area contributed by atoms with E-state index < -0.39 is 6.17 Å². The first-order chi connectivity index (χ1) is 14.0. The van der Waals surface area contributed by atoms with E-state index in [1.54, 1.807) is 10.8 Å². The minimum atomic E-state index is -0.555. The quantitative estimate of drug-likeness (QED) is 0.293. The Hall–Kier alpha value is -1.35. The lowest BCUT2D eigenvalue weighted by molar-refractivity contribution is -0.116. The summed E-state index contributed by atoms with van der Waals surface area (Å²) in [6, 6.07) is 1.87. The van der Waals surface area contributed by atoms with Crippen LogP contribution in [0, 0.1) is 5.92 Å². The molecule has 3 rings (SSSR count). The summed E-state index contributed by atoms with van der Waals surface area (Å²) in [5.74, 6) is 0.704. The van der Waals surface area contributed by atoms with E-state index in [2.05, 4.69) is 44.3 Å². The van der Waals surface area contributed by atoms with E-state index in [9.17, 15) is 9.59 Å². The standard InChI is InChI=1S/C21H29BrN4O2S/c1-3-9-24(2)10-5-4-6-16-7-11-25(12-8-16)19(15-27)26-18-13-17(22)14-23-20(18)29-21(26)28/h3,13-16,19H,1,4-12H2,2H3. The highest BCUT2D eigenvalue weighted by atomic mass is 79.9. The SMILES string of the molecule is C=CCN(C)CCCCC1CCN(C(C=O)n2c(=O)sc3ncc(Br)cc32)CC1. The fourth-order valence-corrected chi connectivity index (χ4v) is 5.25. The molecule has 1 aliphatic heterocycles. The lowest BCUT2D eigenvalue weighted by Crippen LogP contribution is -2.42. The molecule has 0 N–H and O–H groups in total. The van der Waals surface area contributed by atoms with Gasteiger partial charge in [0.25, 0.3) is 0 Å². The van der Waals surface area contributed by atoms with Crippen LogP contribution >= 0.6 is 27.3 Å². The first-order valence-electron chi connectivity index (χ1n) is 10.2. The molecule has 8 heteroatoms. The molecule has 1 fully saturated rings. The van der Waals surface area contributed by atoms with E-state index in [0.717, 1.165) is 66.6 Å². The number of likely N-dealkylation sites (tertiary alicyclic amines) is 1. The number of likely N-dealkylation sites (N-methyl/N-ethyl adjacent to an activating group) is 1. The van der Waals surface area contributed by atoms with Crippen LogP contribution in [0.3, 0.4) is 0 Å². The molecule has 158 valence electrons. The van der Waals surface area contributed by atoms with Crippen LogP contribution in [-0.2, 0) is 4.79 Å². The van der Waals surface area contributed by atoms with Crippen molar-refractivity contribution < 1.29 is 4.79 Å². The average Bonchev–Trinajstić information content (AvgIpc) is 3.02. The van der Waals surface area contributed by atoms with Gasteiger partial charge in [-0.05, 0) is 60.8 Å². The Balaban J connectivity index is 1.57. The van der Waals surface area contributed by atoms with Crippen molar-refractivity contribution in [1.29, 1.82) is 0 Å². The van der Waals surface area contributed by atoms with Gasteiger partial charge in [-0.2, -0.15) is 0 Å². The van der Waals surface area contributed by atoms with Crippen molar-refractivity contribution >= 4 is 43.9 Å². The molecule has 1 unspecified atom stereocenters. The number of pyridine rings is 1. The second-order valence-corrected chi connectivity index (χ2v) is 9.65. The van der Waals surface area contributed by atoms with Crippen molar-refractivity contribution in [3.8, 4) is 0 Å². The third kappa shape index (κ3) is 5.63. The molecule has 3 heterocycles. The molecule has 2 aromatic rings. The third-order valence-corrected chi connectivity index (χ3v) is 7.00. The molecule has 0 amide bonds. The Kier molecular flexibility index (Phi) is 8.17. The molecule has 0 bridgehead atoms. The summed E-state index contributed by atoms with van der Waals surface area (Å²) >= 11 is 4.51. The molecular formula is C21H29BrN4O2S. The zero-order chi connectivity index (χ0) is 20.8. The monoisotopic (exact) mass is 480 g/mol. The highest BCUT2D eigenvalue weighted by molar-refractivity contribution is 9.10. The highest BCUT2D eigenvalue weighted by Crippen LogP contribution is 2.28. The van der Waals surface area contributed by atoms with Gasteiger partial charge in [-0.15, -0.1) is 6.58 Å². The fraction of sp³-hybridized carbons (Fsp3) is 0.571. The van der Waals surface area contributed by atoms with Crippen LogP contribution in [0.4, 0.5) is 0 Å². The lowest BCUT2D eigenvalue weighted by Gasteiger charge is -2.35. The van der Waals surface area contributed by atoms with Crippen LogP contribution in [0.2, 0.25) is 0 Å². The second kappa shape index (κ2) is 10.6. The topological polar surface area (TPSA) is 58.4 Å². The molecule has 2 aromatic heterocycles. The van der Waals surface area contributed by atoms with Gasteiger partial charge in [-0.25, -0.2) is 4.98 Å². The summed E-state index contributed by atoms with van der Waals surface area (Å²) in [7, 11) is 2.13. The number of piperidine rings is 1. The van der Waals surface area contributed by atoms with Crippen molar-refractivity contribution in [2.24, 2.45) is 5.92 Å². The summed E-state index contributed by atoms with van der Waals surface area (Å²) in [5, 5.41) is 0. The number of thiazole rings is 1. The highest BCUT2D eigenvalue weighted by Gasteiger charge is 2.28. The molecule has 0 radical (unpaired) electrons. The zero-order valence-corrected chi connectivity index (χ0v) is 19.3. The van der Waals surface area contributed by atoms with E-state index in [1.165, 1.54) is 19.3 Å². The van der Waals surface area contributed by atoms with Crippen LogP contribution in [0.15, 0.2) is 34.2 Å². The maximum atomic E-state index is 12.6. The predicted molar refractivity (Wildman–Crippen MR) is 123 cm³/mol. The zero-order valence-electron chi connectivity index (χ0n) is 16.9. The molecule has 1 atom stereocenters. The first-order valence-corrected chi connectivity index (χ1v) is 11.8. The van der Waals surface area contributed by atoms with Gasteiger partial charge in [0.2, 0.25) is 0 Å². The molecule has 1 saturated heterocycles. The van der Waals surface area contributed by atoms with E-state index in [1.807, 2.05) is 12.1 Å². The van der Waals surface area contributed by atoms with Gasteiger partial charge < -0.3 is 4.90 Å². The van der Waals surface area contributed by atoms with E-state index in [-0.39, 0.29) is 4.87 Å². The normalized spacial score (nSPS) is 17.1. The van der Waals surface area contributed by atoms with E-state index in [0.29, 0.717) is 10.7 Å².